The van der Waals surface area contributed by atoms with Crippen LogP contribution in [0.4, 0.5) is 5.69 Å². The van der Waals surface area contributed by atoms with Crippen molar-refractivity contribution in [2.75, 3.05) is 31.2 Å². The molecule has 176 valence electrons. The van der Waals surface area contributed by atoms with Crippen LogP contribution in [0.1, 0.15) is 21.1 Å². The van der Waals surface area contributed by atoms with E-state index in [-0.39, 0.29) is 23.7 Å². The second-order valence-electron chi connectivity index (χ2n) is 7.73. The number of furan rings is 1. The number of nitrogens with zero attached hydrogens (tertiary/aromatic N) is 4. The number of hydrogen-bond donors (Lipinski definition) is 1. The summed E-state index contributed by atoms with van der Waals surface area (Å²) < 4.78 is 16.6. The molecule has 9 nitrogen and oxygen atoms in total. The Hall–Kier alpha value is -4.20. The zero-order valence-electron chi connectivity index (χ0n) is 18.5. The van der Waals surface area contributed by atoms with E-state index >= 15 is 0 Å². The highest BCUT2D eigenvalue weighted by Gasteiger charge is 2.19. The summed E-state index contributed by atoms with van der Waals surface area (Å²) in [5.74, 6) is -0.960. The number of thiazole rings is 1. The number of aromatic carboxylic acids is 1. The fourth-order valence-electron chi connectivity index (χ4n) is 3.80. The van der Waals surface area contributed by atoms with Crippen LogP contribution < -0.4 is 9.64 Å². The molecule has 5 rings (SSSR count). The predicted octanol–water partition coefficient (Wildman–Crippen LogP) is 4.45. The average molecular weight is 489 g/mol. The molecule has 0 amide bonds. The van der Waals surface area contributed by atoms with Gasteiger partial charge in [-0.05, 0) is 24.3 Å². The molecular weight excluding hydrogens is 468 g/mol. The number of hydrogen-bond acceptors (Lipinski definition) is 9. The molecule has 1 aliphatic rings. The van der Waals surface area contributed by atoms with Crippen molar-refractivity contribution >= 4 is 23.0 Å². The molecule has 1 aliphatic heterocycles. The lowest BCUT2D eigenvalue weighted by Crippen LogP contribution is -2.36. The minimum Gasteiger partial charge on any atom is -0.476 e. The fourth-order valence-corrected chi connectivity index (χ4v) is 4.48. The molecule has 1 fully saturated rings. The van der Waals surface area contributed by atoms with E-state index in [0.717, 1.165) is 29.9 Å². The highest BCUT2D eigenvalue weighted by molar-refractivity contribution is 7.09. The normalized spacial score (nSPS) is 13.4. The Bertz CT molecular complexity index is 1370. The predicted molar refractivity (Wildman–Crippen MR) is 129 cm³/mol. The lowest BCUT2D eigenvalue weighted by Gasteiger charge is -2.28. The molecule has 10 heteroatoms. The molecule has 0 radical (unpaired) electrons. The molecule has 4 aromatic rings. The lowest BCUT2D eigenvalue weighted by molar-refractivity contribution is 0.0691. The molecule has 0 saturated carbocycles. The van der Waals surface area contributed by atoms with Gasteiger partial charge in [-0.1, -0.05) is 12.1 Å². The Morgan fingerprint density at radius 1 is 1.17 bits per heavy atom. The topological polar surface area (TPSA) is 122 Å². The molecule has 3 aromatic heterocycles. The maximum absolute atomic E-state index is 11.1. The SMILES string of the molecule is N#Cc1c(-c2ccoc2)cc(-c2ccc(N3CCOCC3)cc2)nc1OCc1nc(C(=O)O)cs1. The first-order valence-corrected chi connectivity index (χ1v) is 11.7. The number of morpholine rings is 1. The van der Waals surface area contributed by atoms with Gasteiger partial charge >= 0.3 is 5.97 Å². The van der Waals surface area contributed by atoms with E-state index in [9.17, 15) is 10.1 Å². The highest BCUT2D eigenvalue weighted by Crippen LogP contribution is 2.34. The largest absolute Gasteiger partial charge is 0.476 e. The Morgan fingerprint density at radius 3 is 2.63 bits per heavy atom. The molecule has 0 aliphatic carbocycles. The molecule has 4 heterocycles. The number of nitriles is 1. The van der Waals surface area contributed by atoms with Crippen LogP contribution in [0.5, 0.6) is 5.88 Å². The van der Waals surface area contributed by atoms with Crippen LogP contribution >= 0.6 is 11.3 Å². The number of anilines is 1. The van der Waals surface area contributed by atoms with Crippen molar-refractivity contribution in [1.29, 1.82) is 5.26 Å². The van der Waals surface area contributed by atoms with E-state index in [0.29, 0.717) is 29.5 Å². The lowest BCUT2D eigenvalue weighted by atomic mass is 10.0. The van der Waals surface area contributed by atoms with Crippen molar-refractivity contribution in [1.82, 2.24) is 9.97 Å². The van der Waals surface area contributed by atoms with Crippen molar-refractivity contribution in [3.63, 3.8) is 0 Å². The summed E-state index contributed by atoms with van der Waals surface area (Å²) >= 11 is 1.17. The Labute approximate surface area is 204 Å². The quantitative estimate of drug-likeness (QED) is 0.402. The van der Waals surface area contributed by atoms with Crippen molar-refractivity contribution < 1.29 is 23.8 Å². The second kappa shape index (κ2) is 9.97. The van der Waals surface area contributed by atoms with Crippen molar-refractivity contribution in [3.05, 3.63) is 70.6 Å². The number of aromatic nitrogens is 2. The molecule has 1 saturated heterocycles. The van der Waals surface area contributed by atoms with Crippen LogP contribution in [0.15, 0.2) is 58.7 Å². The number of carboxylic acid groups (broad SMARTS) is 1. The summed E-state index contributed by atoms with van der Waals surface area (Å²) in [6.45, 7) is 3.10. The molecular formula is C25H20N4O5S. The van der Waals surface area contributed by atoms with Gasteiger partial charge in [0.05, 0.1) is 31.4 Å². The first-order valence-electron chi connectivity index (χ1n) is 10.8. The van der Waals surface area contributed by atoms with E-state index in [1.165, 1.54) is 23.0 Å². The van der Waals surface area contributed by atoms with Gasteiger partial charge in [0, 0.05) is 40.8 Å². The second-order valence-corrected chi connectivity index (χ2v) is 8.67. The van der Waals surface area contributed by atoms with Gasteiger partial charge in [0.1, 0.15) is 23.2 Å². The summed E-state index contributed by atoms with van der Waals surface area (Å²) in [5.41, 5.74) is 4.17. The van der Waals surface area contributed by atoms with Crippen molar-refractivity contribution in [2.45, 2.75) is 6.61 Å². The third-order valence-electron chi connectivity index (χ3n) is 5.57. The number of rotatable bonds is 7. The van der Waals surface area contributed by atoms with Crippen LogP contribution in [0.3, 0.4) is 0 Å². The van der Waals surface area contributed by atoms with Crippen LogP contribution in [0, 0.1) is 11.3 Å². The number of carbonyl (C=O) groups is 1. The number of carboxylic acids is 1. The molecule has 0 atom stereocenters. The van der Waals surface area contributed by atoms with Gasteiger partial charge in [0.15, 0.2) is 5.69 Å². The van der Waals surface area contributed by atoms with Gasteiger partial charge in [-0.25, -0.2) is 14.8 Å². The average Bonchev–Trinajstić information content (AvgIpc) is 3.60. The summed E-state index contributed by atoms with van der Waals surface area (Å²) in [6.07, 6.45) is 3.10. The zero-order valence-corrected chi connectivity index (χ0v) is 19.3. The smallest absolute Gasteiger partial charge is 0.355 e. The van der Waals surface area contributed by atoms with E-state index < -0.39 is 5.97 Å². The Balaban J connectivity index is 1.49. The molecule has 0 unspecified atom stereocenters. The van der Waals surface area contributed by atoms with Gasteiger partial charge in [-0.3, -0.25) is 0 Å². The van der Waals surface area contributed by atoms with Gasteiger partial charge < -0.3 is 23.9 Å². The molecule has 1 N–H and O–H groups in total. The standard InChI is InChI=1S/C25H20N4O5S/c26-12-20-19(17-5-8-33-13-17)11-21(16-1-3-18(4-2-16)29-6-9-32-10-7-29)28-24(20)34-14-23-27-22(15-35-23)25(30)31/h1-5,8,11,13,15H,6-7,9-10,14H2,(H,30,31). The summed E-state index contributed by atoms with van der Waals surface area (Å²) in [5, 5.41) is 20.9. The number of pyridine rings is 1. The fraction of sp³-hybridized carbons (Fsp3) is 0.200. The van der Waals surface area contributed by atoms with Crippen LogP contribution in [-0.2, 0) is 11.3 Å². The van der Waals surface area contributed by atoms with Crippen LogP contribution in [0.2, 0.25) is 0 Å². The molecule has 0 spiro atoms. The first kappa shape index (κ1) is 22.6. The monoisotopic (exact) mass is 488 g/mol. The summed E-state index contributed by atoms with van der Waals surface area (Å²) in [4.78, 5) is 22.1. The van der Waals surface area contributed by atoms with Gasteiger partial charge in [-0.2, -0.15) is 5.26 Å². The summed E-state index contributed by atoms with van der Waals surface area (Å²) in [7, 11) is 0. The zero-order chi connectivity index (χ0) is 24.2. The van der Waals surface area contributed by atoms with Crippen LogP contribution in [0.25, 0.3) is 22.4 Å². The minimum absolute atomic E-state index is 0.0100. The maximum atomic E-state index is 11.1. The molecule has 35 heavy (non-hydrogen) atoms. The summed E-state index contributed by atoms with van der Waals surface area (Å²) in [6, 6.07) is 13.9. The number of benzene rings is 1. The highest BCUT2D eigenvalue weighted by atomic mass is 32.1. The Morgan fingerprint density at radius 2 is 1.97 bits per heavy atom. The molecule has 0 bridgehead atoms. The van der Waals surface area contributed by atoms with E-state index in [2.05, 4.69) is 20.9 Å². The Kier molecular flexibility index (Phi) is 6.43. The van der Waals surface area contributed by atoms with E-state index in [4.69, 9.17) is 19.0 Å². The van der Waals surface area contributed by atoms with Gasteiger partial charge in [-0.15, -0.1) is 11.3 Å². The van der Waals surface area contributed by atoms with E-state index in [1.54, 1.807) is 12.3 Å². The van der Waals surface area contributed by atoms with E-state index in [1.807, 2.05) is 30.3 Å². The van der Waals surface area contributed by atoms with Gasteiger partial charge in [0.2, 0.25) is 5.88 Å². The number of ether oxygens (including phenoxy) is 2. The maximum Gasteiger partial charge on any atom is 0.355 e. The third kappa shape index (κ3) is 4.87. The third-order valence-corrected chi connectivity index (χ3v) is 6.40. The minimum atomic E-state index is -1.10. The molecule has 1 aromatic carbocycles. The van der Waals surface area contributed by atoms with Crippen molar-refractivity contribution in [3.8, 4) is 34.3 Å². The van der Waals surface area contributed by atoms with Crippen molar-refractivity contribution in [2.24, 2.45) is 0 Å². The van der Waals surface area contributed by atoms with Crippen LogP contribution in [-0.4, -0.2) is 47.3 Å². The first-order chi connectivity index (χ1) is 17.1. The van der Waals surface area contributed by atoms with Gasteiger partial charge in [0.25, 0.3) is 0 Å².